The molecule has 1 aromatic rings. The maximum Gasteiger partial charge on any atom is 0.245 e. The third kappa shape index (κ3) is 3.85. The molecule has 0 N–H and O–H groups in total. The Bertz CT molecular complexity index is 933. The van der Waals surface area contributed by atoms with Gasteiger partial charge in [-0.15, -0.1) is 0 Å². The first-order valence-corrected chi connectivity index (χ1v) is 13.6. The third-order valence-corrected chi connectivity index (χ3v) is 9.54. The van der Waals surface area contributed by atoms with Gasteiger partial charge in [-0.3, -0.25) is 9.69 Å². The molecule has 1 amide bonds. The number of fused-ring (bicyclic) bond motifs is 1. The fourth-order valence-electron chi connectivity index (χ4n) is 5.33. The van der Waals surface area contributed by atoms with Crippen LogP contribution in [0.3, 0.4) is 0 Å². The maximum atomic E-state index is 13.7. The van der Waals surface area contributed by atoms with E-state index in [4.69, 9.17) is 0 Å². The largest absolute Gasteiger partial charge is 0.310 e. The molecule has 2 heterocycles. The third-order valence-electron chi connectivity index (χ3n) is 7.17. The molecule has 2 saturated carbocycles. The normalized spacial score (nSPS) is 24.2. The summed E-state index contributed by atoms with van der Waals surface area (Å²) < 4.78 is 29.8. The Hall–Kier alpha value is -0.960. The van der Waals surface area contributed by atoms with E-state index in [-0.39, 0.29) is 11.8 Å². The fraction of sp³-hybridized carbons (Fsp3) is 0.682. The quantitative estimate of drug-likeness (QED) is 0.642. The molecular weight excluding hydrogens is 466 g/mol. The first-order valence-electron chi connectivity index (χ1n) is 11.3. The minimum atomic E-state index is -3.65. The van der Waals surface area contributed by atoms with Gasteiger partial charge in [0.25, 0.3) is 0 Å². The van der Waals surface area contributed by atoms with Crippen molar-refractivity contribution in [3.63, 3.8) is 0 Å². The van der Waals surface area contributed by atoms with Crippen LogP contribution in [0.2, 0.25) is 0 Å². The van der Waals surface area contributed by atoms with Gasteiger partial charge in [0, 0.05) is 49.2 Å². The number of amides is 1. The van der Waals surface area contributed by atoms with Crippen LogP contribution in [0.5, 0.6) is 0 Å². The van der Waals surface area contributed by atoms with Crippen molar-refractivity contribution in [3.05, 3.63) is 22.2 Å². The smallest absolute Gasteiger partial charge is 0.245 e. The average molecular weight is 496 g/mol. The molecule has 0 unspecified atom stereocenters. The van der Waals surface area contributed by atoms with Gasteiger partial charge in [0.05, 0.1) is 5.69 Å². The van der Waals surface area contributed by atoms with Gasteiger partial charge in [-0.2, -0.15) is 4.31 Å². The molecule has 0 radical (unpaired) electrons. The van der Waals surface area contributed by atoms with Gasteiger partial charge in [0.2, 0.25) is 15.9 Å². The number of hydrogen-bond donors (Lipinski definition) is 0. The van der Waals surface area contributed by atoms with Gasteiger partial charge >= 0.3 is 0 Å². The van der Waals surface area contributed by atoms with E-state index in [1.54, 1.807) is 15.3 Å². The number of nitrogens with zero attached hydrogens (tertiary/aromatic N) is 3. The number of sulfonamides is 1. The number of halogens is 1. The number of carbonyl (C=O) groups is 1. The topological polar surface area (TPSA) is 60.9 Å². The van der Waals surface area contributed by atoms with Crippen LogP contribution in [-0.4, -0.2) is 62.3 Å². The van der Waals surface area contributed by atoms with Gasteiger partial charge in [0.15, 0.2) is 0 Å². The summed E-state index contributed by atoms with van der Waals surface area (Å²) in [5.74, 6) is 0.170. The zero-order valence-electron chi connectivity index (χ0n) is 17.4. The van der Waals surface area contributed by atoms with E-state index in [2.05, 4.69) is 20.8 Å². The molecule has 30 heavy (non-hydrogen) atoms. The molecular formula is C22H30BrN3O3S. The van der Waals surface area contributed by atoms with Crippen LogP contribution in [0, 0.1) is 5.92 Å². The Balaban J connectivity index is 1.39. The minimum Gasteiger partial charge on any atom is -0.310 e. The van der Waals surface area contributed by atoms with Crippen LogP contribution in [0.15, 0.2) is 21.5 Å². The lowest BCUT2D eigenvalue weighted by molar-refractivity contribution is -0.119. The highest BCUT2D eigenvalue weighted by atomic mass is 79.9. The molecule has 6 nitrogen and oxygen atoms in total. The van der Waals surface area contributed by atoms with Crippen molar-refractivity contribution in [2.45, 2.75) is 62.3 Å². The minimum absolute atomic E-state index is 0.0780. The number of hydrogen-bond acceptors (Lipinski definition) is 4. The molecule has 4 aliphatic rings. The zero-order valence-corrected chi connectivity index (χ0v) is 19.8. The molecule has 0 aromatic heterocycles. The monoisotopic (exact) mass is 495 g/mol. The molecule has 164 valence electrons. The number of piperazine rings is 1. The second-order valence-corrected chi connectivity index (χ2v) is 12.0. The van der Waals surface area contributed by atoms with Gasteiger partial charge < -0.3 is 4.90 Å². The van der Waals surface area contributed by atoms with Crippen LogP contribution in [0.25, 0.3) is 0 Å². The molecule has 0 bridgehead atoms. The van der Waals surface area contributed by atoms with Gasteiger partial charge in [-0.05, 0) is 49.8 Å². The molecule has 0 atom stereocenters. The van der Waals surface area contributed by atoms with Crippen molar-refractivity contribution >= 4 is 37.5 Å². The Labute approximate surface area is 187 Å². The van der Waals surface area contributed by atoms with E-state index < -0.39 is 10.0 Å². The first kappa shape index (κ1) is 20.9. The van der Waals surface area contributed by atoms with E-state index in [1.165, 1.54) is 32.1 Å². The standard InChI is InChI=1S/C22H30BrN3O3S/c23-18-14-17-8-9-26(22(27)16-6-7-16)21(17)20(15-18)30(28,29)25-12-10-24(11-13-25)19-4-2-1-3-5-19/h14-16,19H,1-13H2. The lowest BCUT2D eigenvalue weighted by Crippen LogP contribution is -2.52. The lowest BCUT2D eigenvalue weighted by atomic mass is 9.94. The molecule has 2 aliphatic carbocycles. The molecule has 8 heteroatoms. The van der Waals surface area contributed by atoms with E-state index in [0.29, 0.717) is 42.7 Å². The van der Waals surface area contributed by atoms with Crippen LogP contribution in [0.4, 0.5) is 5.69 Å². The van der Waals surface area contributed by atoms with Crippen LogP contribution < -0.4 is 4.90 Å². The highest BCUT2D eigenvalue weighted by Gasteiger charge is 2.41. The van der Waals surface area contributed by atoms with Crippen LogP contribution in [-0.2, 0) is 21.2 Å². The van der Waals surface area contributed by atoms with Gasteiger partial charge in [-0.1, -0.05) is 35.2 Å². The average Bonchev–Trinajstić information content (AvgIpc) is 3.53. The highest BCUT2D eigenvalue weighted by Crippen LogP contribution is 2.42. The second-order valence-electron chi connectivity index (χ2n) is 9.16. The van der Waals surface area contributed by atoms with Crippen LogP contribution in [0.1, 0.15) is 50.5 Å². The molecule has 2 aliphatic heterocycles. The second kappa shape index (κ2) is 8.19. The molecule has 0 spiro atoms. The predicted octanol–water partition coefficient (Wildman–Crippen LogP) is 3.39. The number of anilines is 1. The summed E-state index contributed by atoms with van der Waals surface area (Å²) in [5.41, 5.74) is 1.59. The Kier molecular flexibility index (Phi) is 5.71. The van der Waals surface area contributed by atoms with Crippen molar-refractivity contribution in [3.8, 4) is 0 Å². The highest BCUT2D eigenvalue weighted by molar-refractivity contribution is 9.10. The first-order chi connectivity index (χ1) is 14.4. The molecule has 5 rings (SSSR count). The van der Waals surface area contributed by atoms with E-state index in [9.17, 15) is 13.2 Å². The Morgan fingerprint density at radius 2 is 1.63 bits per heavy atom. The zero-order chi connectivity index (χ0) is 20.9. The summed E-state index contributed by atoms with van der Waals surface area (Å²) in [6, 6.07) is 4.28. The fourth-order valence-corrected chi connectivity index (χ4v) is 7.67. The van der Waals surface area contributed by atoms with Crippen molar-refractivity contribution in [2.24, 2.45) is 5.92 Å². The summed E-state index contributed by atoms with van der Waals surface area (Å²) in [5, 5.41) is 0. The molecule has 1 saturated heterocycles. The Morgan fingerprint density at radius 1 is 0.933 bits per heavy atom. The van der Waals surface area contributed by atoms with Crippen LogP contribution >= 0.6 is 15.9 Å². The van der Waals surface area contributed by atoms with Gasteiger partial charge in [0.1, 0.15) is 4.90 Å². The van der Waals surface area contributed by atoms with E-state index in [0.717, 1.165) is 36.0 Å². The summed E-state index contributed by atoms with van der Waals surface area (Å²) in [7, 11) is -3.65. The maximum absolute atomic E-state index is 13.7. The molecule has 1 aromatic carbocycles. The number of carbonyl (C=O) groups excluding carboxylic acids is 1. The summed E-state index contributed by atoms with van der Waals surface area (Å²) in [6.07, 6.45) is 8.95. The predicted molar refractivity (Wildman–Crippen MR) is 120 cm³/mol. The number of rotatable bonds is 4. The van der Waals surface area contributed by atoms with Crippen molar-refractivity contribution < 1.29 is 13.2 Å². The van der Waals surface area contributed by atoms with Crippen molar-refractivity contribution in [2.75, 3.05) is 37.6 Å². The lowest BCUT2D eigenvalue weighted by Gasteiger charge is -2.40. The Morgan fingerprint density at radius 3 is 2.30 bits per heavy atom. The van der Waals surface area contributed by atoms with E-state index >= 15 is 0 Å². The van der Waals surface area contributed by atoms with Gasteiger partial charge in [-0.25, -0.2) is 8.42 Å². The number of benzene rings is 1. The summed E-state index contributed by atoms with van der Waals surface area (Å²) in [6.45, 7) is 3.22. The molecule has 3 fully saturated rings. The summed E-state index contributed by atoms with van der Waals surface area (Å²) in [4.78, 5) is 17.3. The SMILES string of the molecule is O=C(C1CC1)N1CCc2cc(Br)cc(S(=O)(=O)N3CCN(C4CCCCC4)CC3)c21. The van der Waals surface area contributed by atoms with Crippen molar-refractivity contribution in [1.82, 2.24) is 9.21 Å². The van der Waals surface area contributed by atoms with Crippen molar-refractivity contribution in [1.29, 1.82) is 0 Å². The van der Waals surface area contributed by atoms with E-state index in [1.807, 2.05) is 6.07 Å². The summed E-state index contributed by atoms with van der Waals surface area (Å²) >= 11 is 3.50.